The van der Waals surface area contributed by atoms with Crippen molar-refractivity contribution >= 4 is 0 Å². The summed E-state index contributed by atoms with van der Waals surface area (Å²) in [6, 6.07) is 15.8. The second kappa shape index (κ2) is 10.4. The molecule has 0 spiro atoms. The fourth-order valence-corrected chi connectivity index (χ4v) is 5.07. The van der Waals surface area contributed by atoms with Crippen LogP contribution in [0.4, 0.5) is 13.2 Å². The van der Waals surface area contributed by atoms with E-state index >= 15 is 4.39 Å². The van der Waals surface area contributed by atoms with E-state index < -0.39 is 11.6 Å². The molecule has 3 heteroatoms. The van der Waals surface area contributed by atoms with Crippen molar-refractivity contribution in [3.63, 3.8) is 0 Å². The molecule has 33 heavy (non-hydrogen) atoms. The zero-order valence-electron chi connectivity index (χ0n) is 19.2. The van der Waals surface area contributed by atoms with Crippen LogP contribution in [0.2, 0.25) is 0 Å². The van der Waals surface area contributed by atoms with Crippen molar-refractivity contribution in [2.24, 2.45) is 5.92 Å². The molecule has 3 aromatic carbocycles. The first-order chi connectivity index (χ1) is 16.0. The van der Waals surface area contributed by atoms with Gasteiger partial charge in [0.15, 0.2) is 11.6 Å². The van der Waals surface area contributed by atoms with Gasteiger partial charge in [-0.1, -0.05) is 61.5 Å². The lowest BCUT2D eigenvalue weighted by Crippen LogP contribution is -2.13. The quantitative estimate of drug-likeness (QED) is 0.316. The molecule has 0 bridgehead atoms. The zero-order valence-corrected chi connectivity index (χ0v) is 19.2. The number of rotatable bonds is 7. The molecule has 4 rings (SSSR count). The number of benzene rings is 3. The van der Waals surface area contributed by atoms with E-state index in [1.165, 1.54) is 19.3 Å². The van der Waals surface area contributed by atoms with Crippen LogP contribution < -0.4 is 0 Å². The van der Waals surface area contributed by atoms with Gasteiger partial charge in [-0.25, -0.2) is 13.2 Å². The summed E-state index contributed by atoms with van der Waals surface area (Å²) in [6.45, 7) is 5.60. The van der Waals surface area contributed by atoms with Gasteiger partial charge in [0.2, 0.25) is 0 Å². The summed E-state index contributed by atoms with van der Waals surface area (Å²) in [5.74, 6) is -0.691. The van der Waals surface area contributed by atoms with Crippen LogP contribution in [0.3, 0.4) is 0 Å². The number of allylic oxidation sites excluding steroid dienone is 1. The Hall–Kier alpha value is -2.81. The smallest absolute Gasteiger partial charge is 0.166 e. The van der Waals surface area contributed by atoms with Crippen molar-refractivity contribution in [3.05, 3.63) is 95.8 Å². The molecule has 0 radical (unpaired) electrons. The monoisotopic (exact) mass is 448 g/mol. The minimum absolute atomic E-state index is 0.218. The molecular formula is C30H31F3. The summed E-state index contributed by atoms with van der Waals surface area (Å²) in [7, 11) is 0. The molecule has 3 aromatic rings. The molecule has 0 aromatic heterocycles. The van der Waals surface area contributed by atoms with Crippen LogP contribution in [0, 0.1) is 23.4 Å². The summed E-state index contributed by atoms with van der Waals surface area (Å²) >= 11 is 0. The van der Waals surface area contributed by atoms with Gasteiger partial charge in [0.05, 0.1) is 0 Å². The maximum atomic E-state index is 15.0. The molecule has 1 saturated carbocycles. The predicted molar refractivity (Wildman–Crippen MR) is 131 cm³/mol. The minimum atomic E-state index is -0.836. The maximum absolute atomic E-state index is 15.0. The van der Waals surface area contributed by atoms with Gasteiger partial charge in [-0.3, -0.25) is 0 Å². The third kappa shape index (κ3) is 5.08. The van der Waals surface area contributed by atoms with Crippen molar-refractivity contribution in [2.75, 3.05) is 0 Å². The lowest BCUT2D eigenvalue weighted by Gasteiger charge is -2.28. The van der Waals surface area contributed by atoms with Crippen molar-refractivity contribution in [3.8, 4) is 22.3 Å². The lowest BCUT2D eigenvalue weighted by atomic mass is 9.77. The van der Waals surface area contributed by atoms with E-state index in [0.717, 1.165) is 36.3 Å². The summed E-state index contributed by atoms with van der Waals surface area (Å²) in [6.07, 6.45) is 9.31. The molecule has 0 N–H and O–H groups in total. The average molecular weight is 449 g/mol. The fourth-order valence-electron chi connectivity index (χ4n) is 5.07. The lowest BCUT2D eigenvalue weighted by molar-refractivity contribution is 0.311. The van der Waals surface area contributed by atoms with Crippen LogP contribution in [0.15, 0.2) is 67.3 Å². The second-order valence-electron chi connectivity index (χ2n) is 9.15. The average Bonchev–Trinajstić information content (AvgIpc) is 2.85. The topological polar surface area (TPSA) is 0 Å². The van der Waals surface area contributed by atoms with Gasteiger partial charge in [-0.15, -0.1) is 6.58 Å². The van der Waals surface area contributed by atoms with Crippen molar-refractivity contribution in [1.29, 1.82) is 0 Å². The molecule has 1 aliphatic rings. The molecule has 0 amide bonds. The maximum Gasteiger partial charge on any atom is 0.166 e. The molecule has 0 heterocycles. The predicted octanol–water partition coefficient (Wildman–Crippen LogP) is 9.24. The van der Waals surface area contributed by atoms with E-state index in [1.807, 2.05) is 18.2 Å². The van der Waals surface area contributed by atoms with E-state index in [-0.39, 0.29) is 11.4 Å². The van der Waals surface area contributed by atoms with E-state index in [9.17, 15) is 8.78 Å². The first-order valence-electron chi connectivity index (χ1n) is 12.0. The Labute approximate surface area is 195 Å². The summed E-state index contributed by atoms with van der Waals surface area (Å²) in [5.41, 5.74) is 3.47. The molecule has 0 atom stereocenters. The highest BCUT2D eigenvalue weighted by atomic mass is 19.2. The molecule has 1 fully saturated rings. The standard InChI is InChI=1S/C30H31F3/c1-3-5-6-20-7-9-22(10-8-20)25-16-17-26(28(31)19-25)23-11-13-24(14-12-23)27-18-15-21(4-2)29(32)30(27)33/h3,11-20,22H,1,4-10H2,2H3. The molecule has 0 nitrogen and oxygen atoms in total. The molecule has 1 aliphatic carbocycles. The molecule has 0 aliphatic heterocycles. The molecule has 0 unspecified atom stereocenters. The van der Waals surface area contributed by atoms with Crippen molar-refractivity contribution in [2.45, 2.75) is 57.8 Å². The summed E-state index contributed by atoms with van der Waals surface area (Å²) < 4.78 is 43.7. The van der Waals surface area contributed by atoms with Crippen molar-refractivity contribution in [1.82, 2.24) is 0 Å². The third-order valence-electron chi connectivity index (χ3n) is 7.14. The van der Waals surface area contributed by atoms with Crippen LogP contribution in [0.1, 0.15) is 62.5 Å². The number of hydrogen-bond acceptors (Lipinski definition) is 0. The van der Waals surface area contributed by atoms with Gasteiger partial charge >= 0.3 is 0 Å². The Morgan fingerprint density at radius 1 is 0.818 bits per heavy atom. The van der Waals surface area contributed by atoms with Gasteiger partial charge in [0, 0.05) is 11.1 Å². The van der Waals surface area contributed by atoms with Crippen molar-refractivity contribution < 1.29 is 13.2 Å². The van der Waals surface area contributed by atoms with Gasteiger partial charge in [0.25, 0.3) is 0 Å². The summed E-state index contributed by atoms with van der Waals surface area (Å²) in [4.78, 5) is 0. The Morgan fingerprint density at radius 3 is 2.06 bits per heavy atom. The van der Waals surface area contributed by atoms with Gasteiger partial charge in [-0.2, -0.15) is 0 Å². The highest BCUT2D eigenvalue weighted by molar-refractivity contribution is 5.71. The number of aryl methyl sites for hydroxylation is 1. The highest BCUT2D eigenvalue weighted by Gasteiger charge is 2.23. The third-order valence-corrected chi connectivity index (χ3v) is 7.14. The number of hydrogen-bond donors (Lipinski definition) is 0. The van der Waals surface area contributed by atoms with E-state index in [4.69, 9.17) is 0 Å². The first-order valence-corrected chi connectivity index (χ1v) is 12.0. The Balaban J connectivity index is 1.49. The first kappa shape index (κ1) is 23.4. The van der Waals surface area contributed by atoms with Gasteiger partial charge in [-0.05, 0) is 85.1 Å². The van der Waals surface area contributed by atoms with Crippen LogP contribution in [-0.2, 0) is 6.42 Å². The fraction of sp³-hybridized carbons (Fsp3) is 0.333. The SMILES string of the molecule is C=CCCC1CCC(c2ccc(-c3ccc(-c4ccc(CC)c(F)c4F)cc3)c(F)c2)CC1. The summed E-state index contributed by atoms with van der Waals surface area (Å²) in [5, 5.41) is 0. The van der Waals surface area contributed by atoms with Gasteiger partial charge < -0.3 is 0 Å². The highest BCUT2D eigenvalue weighted by Crippen LogP contribution is 2.39. The van der Waals surface area contributed by atoms with Crippen LogP contribution in [0.5, 0.6) is 0 Å². The normalized spacial score (nSPS) is 18.3. The van der Waals surface area contributed by atoms with Crippen LogP contribution >= 0.6 is 0 Å². The number of halogens is 3. The second-order valence-corrected chi connectivity index (χ2v) is 9.15. The molecule has 172 valence electrons. The molecule has 0 saturated heterocycles. The minimum Gasteiger partial charge on any atom is -0.206 e. The van der Waals surface area contributed by atoms with E-state index in [0.29, 0.717) is 29.0 Å². The van der Waals surface area contributed by atoms with Crippen LogP contribution in [-0.4, -0.2) is 0 Å². The molecular weight excluding hydrogens is 417 g/mol. The Kier molecular flexibility index (Phi) is 7.37. The van der Waals surface area contributed by atoms with E-state index in [2.05, 4.69) is 6.58 Å². The van der Waals surface area contributed by atoms with Crippen LogP contribution in [0.25, 0.3) is 22.3 Å². The van der Waals surface area contributed by atoms with Gasteiger partial charge in [0.1, 0.15) is 5.82 Å². The zero-order chi connectivity index (χ0) is 23.4. The Bertz CT molecular complexity index is 1110. The Morgan fingerprint density at radius 2 is 1.45 bits per heavy atom. The van der Waals surface area contributed by atoms with E-state index in [1.54, 1.807) is 49.4 Å². The largest absolute Gasteiger partial charge is 0.206 e.